The fraction of sp³-hybridized carbons (Fsp3) is 0.235. The first kappa shape index (κ1) is 13.3. The first-order chi connectivity index (χ1) is 9.20. The van der Waals surface area contributed by atoms with Gasteiger partial charge in [-0.15, -0.1) is 0 Å². The third-order valence-corrected chi connectivity index (χ3v) is 3.15. The Balaban J connectivity index is 2.07. The molecule has 0 unspecified atom stereocenters. The number of rotatable bonds is 5. The standard InChI is InChI=1S/C17H18O2/c1-13-8-11-17(19-2)15(12-13)9-10-16(18)14-6-4-3-5-7-14/h3-8,11-12H,9-10H2,1-2H3. The molecule has 0 atom stereocenters. The second kappa shape index (κ2) is 6.19. The maximum absolute atomic E-state index is 12.1. The fourth-order valence-corrected chi connectivity index (χ4v) is 2.12. The Labute approximate surface area is 114 Å². The summed E-state index contributed by atoms with van der Waals surface area (Å²) in [6.45, 7) is 2.04. The number of methoxy groups -OCH3 is 1. The van der Waals surface area contributed by atoms with E-state index in [1.165, 1.54) is 5.56 Å². The quantitative estimate of drug-likeness (QED) is 0.758. The van der Waals surface area contributed by atoms with Crippen LogP contribution in [0.1, 0.15) is 27.9 Å². The lowest BCUT2D eigenvalue weighted by molar-refractivity contribution is 0.0982. The zero-order chi connectivity index (χ0) is 13.7. The summed E-state index contributed by atoms with van der Waals surface area (Å²) in [5, 5.41) is 0. The van der Waals surface area contributed by atoms with Crippen molar-refractivity contribution in [1.29, 1.82) is 0 Å². The van der Waals surface area contributed by atoms with Crippen molar-refractivity contribution in [2.24, 2.45) is 0 Å². The predicted octanol–water partition coefficient (Wildman–Crippen LogP) is 3.82. The van der Waals surface area contributed by atoms with E-state index >= 15 is 0 Å². The van der Waals surface area contributed by atoms with Crippen molar-refractivity contribution in [3.05, 3.63) is 65.2 Å². The predicted molar refractivity (Wildman–Crippen MR) is 76.8 cm³/mol. The smallest absolute Gasteiger partial charge is 0.163 e. The molecule has 2 nitrogen and oxygen atoms in total. The SMILES string of the molecule is COc1ccc(C)cc1CCC(=O)c1ccccc1. The Bertz CT molecular complexity index is 559. The number of ketones is 1. The summed E-state index contributed by atoms with van der Waals surface area (Å²) < 4.78 is 5.33. The Morgan fingerprint density at radius 2 is 1.84 bits per heavy atom. The van der Waals surface area contributed by atoms with Crippen molar-refractivity contribution >= 4 is 5.78 Å². The minimum absolute atomic E-state index is 0.171. The first-order valence-electron chi connectivity index (χ1n) is 6.42. The molecule has 0 saturated heterocycles. The summed E-state index contributed by atoms with van der Waals surface area (Å²) in [4.78, 5) is 12.1. The first-order valence-corrected chi connectivity index (χ1v) is 6.42. The van der Waals surface area contributed by atoms with Crippen LogP contribution in [-0.2, 0) is 6.42 Å². The number of ether oxygens (including phenoxy) is 1. The number of Topliss-reactive ketones (excluding diaryl/α,β-unsaturated/α-hetero) is 1. The summed E-state index contributed by atoms with van der Waals surface area (Å²) in [6.07, 6.45) is 1.21. The van der Waals surface area contributed by atoms with Crippen molar-refractivity contribution in [1.82, 2.24) is 0 Å². The van der Waals surface area contributed by atoms with E-state index in [0.29, 0.717) is 12.8 Å². The highest BCUT2D eigenvalue weighted by Crippen LogP contribution is 2.21. The molecule has 2 aromatic carbocycles. The molecular formula is C17H18O2. The summed E-state index contributed by atoms with van der Waals surface area (Å²) in [5.41, 5.74) is 3.05. The van der Waals surface area contributed by atoms with Gasteiger partial charge >= 0.3 is 0 Å². The van der Waals surface area contributed by atoms with Crippen molar-refractivity contribution < 1.29 is 9.53 Å². The van der Waals surface area contributed by atoms with Crippen LogP contribution in [0.4, 0.5) is 0 Å². The van der Waals surface area contributed by atoms with Gasteiger partial charge in [0.15, 0.2) is 5.78 Å². The van der Waals surface area contributed by atoms with Crippen LogP contribution in [0, 0.1) is 6.92 Å². The van der Waals surface area contributed by atoms with Gasteiger partial charge in [-0.3, -0.25) is 4.79 Å². The highest BCUT2D eigenvalue weighted by Gasteiger charge is 2.08. The largest absolute Gasteiger partial charge is 0.496 e. The Morgan fingerprint density at radius 1 is 1.11 bits per heavy atom. The molecular weight excluding hydrogens is 236 g/mol. The molecule has 2 aromatic rings. The molecule has 0 aromatic heterocycles. The minimum atomic E-state index is 0.171. The zero-order valence-electron chi connectivity index (χ0n) is 11.3. The van der Waals surface area contributed by atoms with Crippen LogP contribution < -0.4 is 4.74 Å². The van der Waals surface area contributed by atoms with Crippen LogP contribution in [-0.4, -0.2) is 12.9 Å². The normalized spacial score (nSPS) is 10.2. The molecule has 19 heavy (non-hydrogen) atoms. The Morgan fingerprint density at radius 3 is 2.53 bits per heavy atom. The number of carbonyl (C=O) groups excluding carboxylic acids is 1. The highest BCUT2D eigenvalue weighted by atomic mass is 16.5. The van der Waals surface area contributed by atoms with E-state index in [-0.39, 0.29) is 5.78 Å². The number of aryl methyl sites for hydroxylation is 2. The molecule has 0 spiro atoms. The fourth-order valence-electron chi connectivity index (χ4n) is 2.12. The van der Waals surface area contributed by atoms with Gasteiger partial charge in [0.1, 0.15) is 5.75 Å². The van der Waals surface area contributed by atoms with Gasteiger partial charge in [0.2, 0.25) is 0 Å². The Hall–Kier alpha value is -2.09. The molecule has 0 fully saturated rings. The second-order valence-corrected chi connectivity index (χ2v) is 4.60. The molecule has 0 aliphatic rings. The zero-order valence-corrected chi connectivity index (χ0v) is 11.3. The minimum Gasteiger partial charge on any atom is -0.496 e. The maximum Gasteiger partial charge on any atom is 0.163 e. The van der Waals surface area contributed by atoms with Gasteiger partial charge in [-0.25, -0.2) is 0 Å². The van der Waals surface area contributed by atoms with Gasteiger partial charge in [-0.1, -0.05) is 48.0 Å². The number of hydrogen-bond donors (Lipinski definition) is 0. The summed E-state index contributed by atoms with van der Waals surface area (Å²) >= 11 is 0. The second-order valence-electron chi connectivity index (χ2n) is 4.60. The molecule has 0 saturated carbocycles. The van der Waals surface area contributed by atoms with Crippen molar-refractivity contribution in [2.75, 3.05) is 7.11 Å². The van der Waals surface area contributed by atoms with E-state index in [1.807, 2.05) is 49.4 Å². The van der Waals surface area contributed by atoms with E-state index in [4.69, 9.17) is 4.74 Å². The van der Waals surface area contributed by atoms with E-state index in [2.05, 4.69) is 6.07 Å². The van der Waals surface area contributed by atoms with Gasteiger partial charge < -0.3 is 4.74 Å². The maximum atomic E-state index is 12.1. The van der Waals surface area contributed by atoms with Gasteiger partial charge in [0, 0.05) is 12.0 Å². The topological polar surface area (TPSA) is 26.3 Å². The molecule has 0 bridgehead atoms. The van der Waals surface area contributed by atoms with Crippen molar-refractivity contribution in [3.63, 3.8) is 0 Å². The summed E-state index contributed by atoms with van der Waals surface area (Å²) in [7, 11) is 1.66. The molecule has 0 aliphatic heterocycles. The third-order valence-electron chi connectivity index (χ3n) is 3.15. The average molecular weight is 254 g/mol. The molecule has 2 rings (SSSR count). The van der Waals surface area contributed by atoms with Crippen molar-refractivity contribution in [3.8, 4) is 5.75 Å². The monoisotopic (exact) mass is 254 g/mol. The number of carbonyl (C=O) groups is 1. The van der Waals surface area contributed by atoms with Gasteiger partial charge in [0.05, 0.1) is 7.11 Å². The lowest BCUT2D eigenvalue weighted by Crippen LogP contribution is -2.02. The van der Waals surface area contributed by atoms with Crippen LogP contribution in [0.15, 0.2) is 48.5 Å². The molecule has 0 heterocycles. The van der Waals surface area contributed by atoms with Gasteiger partial charge in [-0.2, -0.15) is 0 Å². The Kier molecular flexibility index (Phi) is 4.35. The summed E-state index contributed by atoms with van der Waals surface area (Å²) in [6, 6.07) is 15.5. The van der Waals surface area contributed by atoms with E-state index in [9.17, 15) is 4.79 Å². The number of hydrogen-bond acceptors (Lipinski definition) is 2. The van der Waals surface area contributed by atoms with Crippen LogP contribution in [0.2, 0.25) is 0 Å². The molecule has 0 radical (unpaired) electrons. The third kappa shape index (κ3) is 3.44. The molecule has 2 heteroatoms. The lowest BCUT2D eigenvalue weighted by atomic mass is 10.0. The van der Waals surface area contributed by atoms with Crippen molar-refractivity contribution in [2.45, 2.75) is 19.8 Å². The molecule has 98 valence electrons. The molecule has 0 aliphatic carbocycles. The van der Waals surface area contributed by atoms with E-state index in [0.717, 1.165) is 16.9 Å². The van der Waals surface area contributed by atoms with Crippen LogP contribution in [0.5, 0.6) is 5.75 Å². The van der Waals surface area contributed by atoms with E-state index < -0.39 is 0 Å². The van der Waals surface area contributed by atoms with Gasteiger partial charge in [0.25, 0.3) is 0 Å². The van der Waals surface area contributed by atoms with E-state index in [1.54, 1.807) is 7.11 Å². The summed E-state index contributed by atoms with van der Waals surface area (Å²) in [5.74, 6) is 1.02. The number of benzene rings is 2. The lowest BCUT2D eigenvalue weighted by Gasteiger charge is -2.09. The molecule has 0 amide bonds. The molecule has 0 N–H and O–H groups in total. The average Bonchev–Trinajstić information content (AvgIpc) is 2.46. The van der Waals surface area contributed by atoms with Crippen LogP contribution >= 0.6 is 0 Å². The highest BCUT2D eigenvalue weighted by molar-refractivity contribution is 5.96. The van der Waals surface area contributed by atoms with Crippen LogP contribution in [0.25, 0.3) is 0 Å². The van der Waals surface area contributed by atoms with Crippen LogP contribution in [0.3, 0.4) is 0 Å². The van der Waals surface area contributed by atoms with Gasteiger partial charge in [-0.05, 0) is 25.0 Å².